The van der Waals surface area contributed by atoms with Crippen LogP contribution in [-0.2, 0) is 19.1 Å². The maximum Gasteiger partial charge on any atom is 0.191 e. The van der Waals surface area contributed by atoms with E-state index >= 15 is 0 Å². The lowest BCUT2D eigenvalue weighted by Crippen LogP contribution is -2.39. The van der Waals surface area contributed by atoms with Crippen molar-refractivity contribution in [3.63, 3.8) is 0 Å². The fourth-order valence-corrected chi connectivity index (χ4v) is 3.00. The normalized spacial score (nSPS) is 13.6. The average Bonchev–Trinajstić information content (AvgIpc) is 3.04. The van der Waals surface area contributed by atoms with Gasteiger partial charge >= 0.3 is 0 Å². The lowest BCUT2D eigenvalue weighted by Gasteiger charge is -2.20. The van der Waals surface area contributed by atoms with Crippen molar-refractivity contribution in [2.24, 2.45) is 12.0 Å². The highest BCUT2D eigenvalue weighted by Gasteiger charge is 2.24. The summed E-state index contributed by atoms with van der Waals surface area (Å²) in [4.78, 5) is 4.53. The predicted molar refractivity (Wildman–Crippen MR) is 125 cm³/mol. The number of aliphatic imine (C=N–C) groups is 1. The Morgan fingerprint density at radius 2 is 2.15 bits per heavy atom. The summed E-state index contributed by atoms with van der Waals surface area (Å²) in [5, 5.41) is 21.3. The third-order valence-electron chi connectivity index (χ3n) is 4.04. The number of nitrogens with one attached hydrogen (secondary N) is 2. The van der Waals surface area contributed by atoms with Crippen molar-refractivity contribution in [3.8, 4) is 0 Å². The fraction of sp³-hybridized carbons (Fsp3) is 0.474. The van der Waals surface area contributed by atoms with Gasteiger partial charge in [-0.2, -0.15) is 5.10 Å². The Kier molecular flexibility index (Phi) is 10.3. The van der Waals surface area contributed by atoms with Crippen molar-refractivity contribution in [1.82, 2.24) is 20.4 Å². The third-order valence-corrected chi connectivity index (χ3v) is 4.53. The summed E-state index contributed by atoms with van der Waals surface area (Å²) in [7, 11) is 1.83. The number of benzene rings is 1. The molecule has 0 radical (unpaired) electrons. The minimum Gasteiger partial charge on any atom is -0.383 e. The number of aryl methyl sites for hydroxylation is 2. The number of aromatic nitrogens is 2. The number of rotatable bonds is 8. The van der Waals surface area contributed by atoms with Gasteiger partial charge in [-0.1, -0.05) is 28.1 Å². The Morgan fingerprint density at radius 3 is 2.78 bits per heavy atom. The lowest BCUT2D eigenvalue weighted by atomic mass is 10.0. The van der Waals surface area contributed by atoms with Crippen LogP contribution in [-0.4, -0.2) is 40.5 Å². The predicted octanol–water partition coefficient (Wildman–Crippen LogP) is 3.20. The smallest absolute Gasteiger partial charge is 0.191 e. The lowest BCUT2D eigenvalue weighted by molar-refractivity contribution is 0.0672. The molecule has 0 spiro atoms. The topological polar surface area (TPSA) is 74.5 Å². The van der Waals surface area contributed by atoms with Crippen molar-refractivity contribution < 1.29 is 5.11 Å². The van der Waals surface area contributed by atoms with E-state index in [2.05, 4.69) is 54.9 Å². The third kappa shape index (κ3) is 8.18. The van der Waals surface area contributed by atoms with Crippen molar-refractivity contribution in [2.75, 3.05) is 19.6 Å². The van der Waals surface area contributed by atoms with Gasteiger partial charge in [-0.05, 0) is 44.4 Å². The summed E-state index contributed by atoms with van der Waals surface area (Å²) in [6.07, 6.45) is 5.49. The summed E-state index contributed by atoms with van der Waals surface area (Å²) in [5.41, 5.74) is 1.02. The van der Waals surface area contributed by atoms with Crippen LogP contribution in [0.2, 0.25) is 0 Å². The summed E-state index contributed by atoms with van der Waals surface area (Å²) < 4.78 is 2.79. The summed E-state index contributed by atoms with van der Waals surface area (Å²) in [5.74, 6) is 0.714. The summed E-state index contributed by atoms with van der Waals surface area (Å²) in [6.45, 7) is 5.63. The van der Waals surface area contributed by atoms with Crippen LogP contribution in [0.4, 0.5) is 0 Å². The summed E-state index contributed by atoms with van der Waals surface area (Å²) in [6, 6.07) is 8.37. The molecule has 1 aromatic carbocycles. The Labute approximate surface area is 187 Å². The van der Waals surface area contributed by atoms with E-state index in [9.17, 15) is 5.11 Å². The van der Waals surface area contributed by atoms with E-state index in [1.54, 1.807) is 17.8 Å². The van der Waals surface area contributed by atoms with E-state index in [1.807, 2.05) is 26.2 Å². The molecule has 0 saturated heterocycles. The van der Waals surface area contributed by atoms with E-state index in [1.165, 1.54) is 5.56 Å². The number of halogens is 2. The number of hydrogen-bond donors (Lipinski definition) is 3. The highest BCUT2D eigenvalue weighted by molar-refractivity contribution is 14.0. The van der Waals surface area contributed by atoms with Gasteiger partial charge in [-0.3, -0.25) is 4.68 Å². The number of nitrogens with zero attached hydrogens (tertiary/aromatic N) is 3. The van der Waals surface area contributed by atoms with E-state index in [0.717, 1.165) is 36.0 Å². The van der Waals surface area contributed by atoms with E-state index in [4.69, 9.17) is 0 Å². The molecular weight excluding hydrogens is 521 g/mol. The quantitative estimate of drug-likeness (QED) is 0.205. The van der Waals surface area contributed by atoms with Gasteiger partial charge < -0.3 is 15.7 Å². The van der Waals surface area contributed by atoms with Crippen molar-refractivity contribution in [2.45, 2.75) is 32.3 Å². The number of guanidine groups is 1. The molecule has 150 valence electrons. The Bertz CT molecular complexity index is 732. The molecule has 1 heterocycles. The van der Waals surface area contributed by atoms with E-state index < -0.39 is 5.60 Å². The molecule has 0 aliphatic carbocycles. The molecule has 6 nitrogen and oxygen atoms in total. The average molecular weight is 550 g/mol. The first-order valence-corrected chi connectivity index (χ1v) is 9.68. The molecule has 0 bridgehead atoms. The molecule has 1 unspecified atom stereocenters. The van der Waals surface area contributed by atoms with Crippen LogP contribution in [0.15, 0.2) is 46.1 Å². The van der Waals surface area contributed by atoms with Gasteiger partial charge in [0.05, 0.1) is 12.7 Å². The molecule has 0 aliphatic heterocycles. The SMILES string of the molecule is CCNC(=NCC(C)(O)c1cnn(C)c1)NCCCc1cccc(Br)c1.I. The molecule has 0 fully saturated rings. The van der Waals surface area contributed by atoms with Crippen LogP contribution >= 0.6 is 39.9 Å². The van der Waals surface area contributed by atoms with Gasteiger partial charge in [0.15, 0.2) is 5.96 Å². The maximum absolute atomic E-state index is 10.6. The highest BCUT2D eigenvalue weighted by atomic mass is 127. The summed E-state index contributed by atoms with van der Waals surface area (Å²) >= 11 is 3.50. The van der Waals surface area contributed by atoms with Gasteiger partial charge in [0.1, 0.15) is 5.60 Å². The molecule has 2 aromatic rings. The first kappa shape index (κ1) is 23.9. The van der Waals surface area contributed by atoms with Gasteiger partial charge in [0.2, 0.25) is 0 Å². The van der Waals surface area contributed by atoms with Crippen molar-refractivity contribution >= 4 is 45.9 Å². The molecule has 27 heavy (non-hydrogen) atoms. The second kappa shape index (κ2) is 11.7. The largest absolute Gasteiger partial charge is 0.383 e. The highest BCUT2D eigenvalue weighted by Crippen LogP contribution is 2.19. The van der Waals surface area contributed by atoms with E-state index in [-0.39, 0.29) is 30.5 Å². The maximum atomic E-state index is 10.6. The van der Waals surface area contributed by atoms with Crippen LogP contribution in [0, 0.1) is 0 Å². The van der Waals surface area contributed by atoms with E-state index in [0.29, 0.717) is 5.96 Å². The second-order valence-corrected chi connectivity index (χ2v) is 7.45. The molecule has 2 rings (SSSR count). The van der Waals surface area contributed by atoms with Gasteiger partial charge in [-0.25, -0.2) is 4.99 Å². The minimum atomic E-state index is -1.05. The first-order chi connectivity index (χ1) is 12.4. The standard InChI is InChI=1S/C19H28BrN5O.HI/c1-4-21-18(22-10-6-8-15-7-5-9-17(20)11-15)23-14-19(2,26)16-12-24-25(3)13-16;/h5,7,9,11-13,26H,4,6,8,10,14H2,1-3H3,(H2,21,22,23);1H. The second-order valence-electron chi connectivity index (χ2n) is 6.53. The molecule has 3 N–H and O–H groups in total. The zero-order chi connectivity index (χ0) is 19.0. The number of hydrogen-bond acceptors (Lipinski definition) is 3. The van der Waals surface area contributed by atoms with Gasteiger partial charge in [0.25, 0.3) is 0 Å². The van der Waals surface area contributed by atoms with Crippen LogP contribution in [0.1, 0.15) is 31.4 Å². The molecular formula is C19H29BrIN5O. The molecule has 1 atom stereocenters. The molecule has 0 amide bonds. The van der Waals surface area contributed by atoms with Crippen LogP contribution in [0.25, 0.3) is 0 Å². The first-order valence-electron chi connectivity index (χ1n) is 8.89. The van der Waals surface area contributed by atoms with Crippen LogP contribution < -0.4 is 10.6 Å². The van der Waals surface area contributed by atoms with Crippen molar-refractivity contribution in [3.05, 3.63) is 52.3 Å². The Balaban J connectivity index is 0.00000364. The van der Waals surface area contributed by atoms with Gasteiger partial charge in [0, 0.05) is 36.4 Å². The van der Waals surface area contributed by atoms with Gasteiger partial charge in [-0.15, -0.1) is 24.0 Å². The monoisotopic (exact) mass is 549 g/mol. The number of aliphatic hydroxyl groups is 1. The van der Waals surface area contributed by atoms with Crippen molar-refractivity contribution in [1.29, 1.82) is 0 Å². The molecule has 1 aromatic heterocycles. The Hall–Kier alpha value is -1.13. The Morgan fingerprint density at radius 1 is 1.37 bits per heavy atom. The molecule has 0 aliphatic rings. The fourth-order valence-electron chi connectivity index (χ4n) is 2.56. The zero-order valence-corrected chi connectivity index (χ0v) is 20.0. The minimum absolute atomic E-state index is 0. The van der Waals surface area contributed by atoms with Crippen LogP contribution in [0.5, 0.6) is 0 Å². The molecule has 0 saturated carbocycles. The molecule has 8 heteroatoms. The van der Waals surface area contributed by atoms with Crippen LogP contribution in [0.3, 0.4) is 0 Å². The zero-order valence-electron chi connectivity index (χ0n) is 16.1.